The van der Waals surface area contributed by atoms with E-state index in [1.807, 2.05) is 48.5 Å². The number of unbranched alkanes of at least 4 members (excludes halogenated alkanes) is 4. The van der Waals surface area contributed by atoms with Gasteiger partial charge in [-0.15, -0.1) is 0 Å². The summed E-state index contributed by atoms with van der Waals surface area (Å²) in [5, 5.41) is 0. The molecule has 0 unspecified atom stereocenters. The van der Waals surface area contributed by atoms with Crippen LogP contribution in [0.4, 0.5) is 0 Å². The minimum Gasteiger partial charge on any atom is -0.494 e. The minimum atomic E-state index is -0.523. The maximum atomic E-state index is 12.7. The fourth-order valence-electron chi connectivity index (χ4n) is 3.76. The van der Waals surface area contributed by atoms with Gasteiger partial charge in [-0.05, 0) is 72.5 Å². The summed E-state index contributed by atoms with van der Waals surface area (Å²) in [4.78, 5) is 25.0. The van der Waals surface area contributed by atoms with Crippen LogP contribution in [0.15, 0.2) is 84.9 Å². The third-order valence-electron chi connectivity index (χ3n) is 5.93. The first-order valence-electron chi connectivity index (χ1n) is 13.8. The SMILES string of the molecule is CCCCCCCOc1ccc(/C=C/C(=O)c2cccc(OC(=O)/C=C/c3ccc(OCCC)cc3)c2)cc1. The summed E-state index contributed by atoms with van der Waals surface area (Å²) < 4.78 is 16.8. The van der Waals surface area contributed by atoms with Crippen LogP contribution in [-0.4, -0.2) is 25.0 Å². The fourth-order valence-corrected chi connectivity index (χ4v) is 3.76. The summed E-state index contributed by atoms with van der Waals surface area (Å²) in [6, 6.07) is 21.7. The van der Waals surface area contributed by atoms with Crippen molar-refractivity contribution in [1.82, 2.24) is 0 Å². The molecule has 0 bridgehead atoms. The summed E-state index contributed by atoms with van der Waals surface area (Å²) in [7, 11) is 0. The predicted molar refractivity (Wildman–Crippen MR) is 157 cm³/mol. The maximum Gasteiger partial charge on any atom is 0.336 e. The number of rotatable bonds is 16. The number of esters is 1. The highest BCUT2D eigenvalue weighted by Crippen LogP contribution is 2.18. The number of ether oxygens (including phenoxy) is 3. The number of allylic oxidation sites excluding steroid dienone is 1. The van der Waals surface area contributed by atoms with Gasteiger partial charge >= 0.3 is 5.97 Å². The Hall–Kier alpha value is -4.12. The first kappa shape index (κ1) is 29.4. The molecular weight excluding hydrogens is 488 g/mol. The largest absolute Gasteiger partial charge is 0.494 e. The van der Waals surface area contributed by atoms with E-state index in [9.17, 15) is 9.59 Å². The van der Waals surface area contributed by atoms with Crippen LogP contribution < -0.4 is 14.2 Å². The van der Waals surface area contributed by atoms with Gasteiger partial charge in [0.15, 0.2) is 5.78 Å². The van der Waals surface area contributed by atoms with Crippen molar-refractivity contribution in [3.05, 3.63) is 102 Å². The quantitative estimate of drug-likeness (QED) is 0.0617. The van der Waals surface area contributed by atoms with Crippen molar-refractivity contribution in [1.29, 1.82) is 0 Å². The van der Waals surface area contributed by atoms with Gasteiger partial charge in [-0.1, -0.05) is 82.0 Å². The number of ketones is 1. The fraction of sp³-hybridized carbons (Fsp3) is 0.294. The first-order chi connectivity index (χ1) is 19.1. The second-order valence-corrected chi connectivity index (χ2v) is 9.23. The van der Waals surface area contributed by atoms with Crippen molar-refractivity contribution in [2.24, 2.45) is 0 Å². The lowest BCUT2D eigenvalue weighted by Crippen LogP contribution is -2.04. The molecule has 0 radical (unpaired) electrons. The molecule has 0 atom stereocenters. The average molecular weight is 527 g/mol. The van der Waals surface area contributed by atoms with Crippen LogP contribution in [0.1, 0.15) is 73.9 Å². The molecule has 0 aliphatic heterocycles. The van der Waals surface area contributed by atoms with Crippen LogP contribution in [0.5, 0.6) is 17.2 Å². The minimum absolute atomic E-state index is 0.179. The lowest BCUT2D eigenvalue weighted by Gasteiger charge is -2.06. The Kier molecular flexibility index (Phi) is 12.6. The molecule has 3 aromatic rings. The molecule has 0 saturated carbocycles. The number of carbonyl (C=O) groups is 2. The van der Waals surface area contributed by atoms with Crippen molar-refractivity contribution in [2.75, 3.05) is 13.2 Å². The predicted octanol–water partition coefficient (Wildman–Crippen LogP) is 8.34. The van der Waals surface area contributed by atoms with Gasteiger partial charge in [0.05, 0.1) is 13.2 Å². The van der Waals surface area contributed by atoms with Gasteiger partial charge in [0, 0.05) is 11.6 Å². The van der Waals surface area contributed by atoms with Gasteiger partial charge in [0.1, 0.15) is 17.2 Å². The highest BCUT2D eigenvalue weighted by Gasteiger charge is 2.06. The van der Waals surface area contributed by atoms with Crippen LogP contribution in [0.2, 0.25) is 0 Å². The molecule has 3 rings (SSSR count). The molecule has 0 aromatic heterocycles. The maximum absolute atomic E-state index is 12.7. The van der Waals surface area contributed by atoms with Crippen molar-refractivity contribution in [3.8, 4) is 17.2 Å². The zero-order chi connectivity index (χ0) is 27.7. The Morgan fingerprint density at radius 1 is 0.641 bits per heavy atom. The Morgan fingerprint density at radius 3 is 1.90 bits per heavy atom. The van der Waals surface area contributed by atoms with Gasteiger partial charge in [0.25, 0.3) is 0 Å². The second kappa shape index (κ2) is 16.7. The smallest absolute Gasteiger partial charge is 0.336 e. The summed E-state index contributed by atoms with van der Waals surface area (Å²) in [5.41, 5.74) is 2.19. The van der Waals surface area contributed by atoms with Crippen molar-refractivity contribution >= 4 is 23.9 Å². The summed E-state index contributed by atoms with van der Waals surface area (Å²) in [5.74, 6) is 1.23. The van der Waals surface area contributed by atoms with Crippen LogP contribution in [0, 0.1) is 0 Å². The normalized spacial score (nSPS) is 11.1. The van der Waals surface area contributed by atoms with Crippen molar-refractivity contribution in [2.45, 2.75) is 52.4 Å². The zero-order valence-electron chi connectivity index (χ0n) is 22.9. The second-order valence-electron chi connectivity index (χ2n) is 9.23. The molecule has 5 heteroatoms. The van der Waals surface area contributed by atoms with Crippen molar-refractivity contribution < 1.29 is 23.8 Å². The third kappa shape index (κ3) is 11.0. The van der Waals surface area contributed by atoms with Gasteiger partial charge in [0.2, 0.25) is 0 Å². The number of hydrogen-bond acceptors (Lipinski definition) is 5. The summed E-state index contributed by atoms with van der Waals surface area (Å²) >= 11 is 0. The van der Waals surface area contributed by atoms with E-state index >= 15 is 0 Å². The highest BCUT2D eigenvalue weighted by atomic mass is 16.5. The van der Waals surface area contributed by atoms with Crippen LogP contribution in [0.3, 0.4) is 0 Å². The molecule has 0 amide bonds. The van der Waals surface area contributed by atoms with E-state index in [1.54, 1.807) is 36.4 Å². The molecule has 0 N–H and O–H groups in total. The highest BCUT2D eigenvalue weighted by molar-refractivity contribution is 6.07. The average Bonchev–Trinajstić information content (AvgIpc) is 2.97. The lowest BCUT2D eigenvalue weighted by atomic mass is 10.1. The number of hydrogen-bond donors (Lipinski definition) is 0. The molecule has 0 aliphatic carbocycles. The molecular formula is C34H38O5. The van der Waals surface area contributed by atoms with E-state index in [1.165, 1.54) is 37.8 Å². The van der Waals surface area contributed by atoms with E-state index in [0.29, 0.717) is 17.9 Å². The first-order valence-corrected chi connectivity index (χ1v) is 13.8. The molecule has 204 valence electrons. The van der Waals surface area contributed by atoms with E-state index < -0.39 is 5.97 Å². The lowest BCUT2D eigenvalue weighted by molar-refractivity contribution is -0.128. The van der Waals surface area contributed by atoms with E-state index in [0.717, 1.165) is 42.1 Å². The molecule has 0 fully saturated rings. The van der Waals surface area contributed by atoms with E-state index in [4.69, 9.17) is 14.2 Å². The number of benzene rings is 3. The molecule has 3 aromatic carbocycles. The summed E-state index contributed by atoms with van der Waals surface area (Å²) in [6.07, 6.45) is 13.3. The molecule has 5 nitrogen and oxygen atoms in total. The molecule has 39 heavy (non-hydrogen) atoms. The van der Waals surface area contributed by atoms with Crippen molar-refractivity contribution in [3.63, 3.8) is 0 Å². The zero-order valence-corrected chi connectivity index (χ0v) is 22.9. The van der Waals surface area contributed by atoms with E-state index in [-0.39, 0.29) is 5.78 Å². The Balaban J connectivity index is 1.48. The van der Waals surface area contributed by atoms with Crippen LogP contribution >= 0.6 is 0 Å². The van der Waals surface area contributed by atoms with Gasteiger partial charge in [-0.2, -0.15) is 0 Å². The molecule has 0 heterocycles. The Labute approximate surface area is 232 Å². The van der Waals surface area contributed by atoms with E-state index in [2.05, 4.69) is 13.8 Å². The number of carbonyl (C=O) groups excluding carboxylic acids is 2. The molecule has 0 aliphatic rings. The standard InChI is InChI=1S/C34H38O5/c1-3-5-6-7-8-25-38-31-20-12-27(13-21-31)16-22-33(35)29-10-9-11-32(26-29)39-34(36)23-17-28-14-18-30(19-15-28)37-24-4-2/h9-23,26H,3-8,24-25H2,1-2H3/b22-16+,23-17+. The Morgan fingerprint density at radius 2 is 1.26 bits per heavy atom. The topological polar surface area (TPSA) is 61.8 Å². The monoisotopic (exact) mass is 526 g/mol. The molecule has 0 spiro atoms. The third-order valence-corrected chi connectivity index (χ3v) is 5.93. The van der Waals surface area contributed by atoms with Gasteiger partial charge < -0.3 is 14.2 Å². The molecule has 0 saturated heterocycles. The summed E-state index contributed by atoms with van der Waals surface area (Å²) in [6.45, 7) is 5.65. The van der Waals surface area contributed by atoms with Gasteiger partial charge in [-0.3, -0.25) is 4.79 Å². The van der Waals surface area contributed by atoms with Crippen LogP contribution in [0.25, 0.3) is 12.2 Å². The van der Waals surface area contributed by atoms with Crippen LogP contribution in [-0.2, 0) is 4.79 Å². The Bertz CT molecular complexity index is 1220. The van der Waals surface area contributed by atoms with Gasteiger partial charge in [-0.25, -0.2) is 4.79 Å².